The molecule has 1 saturated carbocycles. The quantitative estimate of drug-likeness (QED) is 0.460. The first kappa shape index (κ1) is 22.6. The molecule has 2 aliphatic rings. The third-order valence-electron chi connectivity index (χ3n) is 5.80. The number of anilines is 1. The van der Waals surface area contributed by atoms with Crippen LogP contribution in [0.15, 0.2) is 12.4 Å². The second kappa shape index (κ2) is 9.83. The number of Topliss-reactive ketones (excluding diaryl/α,β-unsaturated/α-hetero) is 1. The van der Waals surface area contributed by atoms with Gasteiger partial charge in [0.15, 0.2) is 11.6 Å². The van der Waals surface area contributed by atoms with Gasteiger partial charge in [0.1, 0.15) is 0 Å². The first-order valence-corrected chi connectivity index (χ1v) is 10.7. The number of carbonyl (C=O) groups excluding carboxylic acids is 2. The number of rotatable bonds is 11. The predicted octanol–water partition coefficient (Wildman–Crippen LogP) is 1.11. The summed E-state index contributed by atoms with van der Waals surface area (Å²) in [6.07, 6.45) is 6.02. The van der Waals surface area contributed by atoms with Gasteiger partial charge in [-0.2, -0.15) is 0 Å². The van der Waals surface area contributed by atoms with Crippen LogP contribution in [0.25, 0.3) is 0 Å². The summed E-state index contributed by atoms with van der Waals surface area (Å²) in [6.45, 7) is 4.49. The predicted molar refractivity (Wildman–Crippen MR) is 110 cm³/mol. The van der Waals surface area contributed by atoms with Gasteiger partial charge in [-0.1, -0.05) is 26.7 Å². The Morgan fingerprint density at radius 3 is 2.43 bits per heavy atom. The molecule has 1 saturated heterocycles. The van der Waals surface area contributed by atoms with E-state index in [1.54, 1.807) is 4.90 Å². The highest BCUT2D eigenvalue weighted by atomic mass is 19.1. The van der Waals surface area contributed by atoms with Gasteiger partial charge in [-0.3, -0.25) is 9.59 Å². The zero-order valence-electron chi connectivity index (χ0n) is 17.5. The van der Waals surface area contributed by atoms with Crippen molar-refractivity contribution in [2.45, 2.75) is 64.4 Å². The molecule has 1 amide bonds. The fraction of sp³-hybridized carbons (Fsp3) is 0.700. The summed E-state index contributed by atoms with van der Waals surface area (Å²) >= 11 is 0. The molecule has 1 unspecified atom stereocenters. The van der Waals surface area contributed by atoms with Gasteiger partial charge in [0.2, 0.25) is 11.9 Å². The van der Waals surface area contributed by atoms with Crippen LogP contribution in [0.3, 0.4) is 0 Å². The summed E-state index contributed by atoms with van der Waals surface area (Å²) in [4.78, 5) is 35.4. The minimum absolute atomic E-state index is 0.0695. The van der Waals surface area contributed by atoms with Crippen LogP contribution in [0.4, 0.5) is 10.3 Å². The van der Waals surface area contributed by atoms with Crippen molar-refractivity contribution < 1.29 is 24.0 Å². The number of ketones is 1. The normalized spacial score (nSPS) is 20.5. The van der Waals surface area contributed by atoms with E-state index in [1.165, 1.54) is 0 Å². The number of hydrogen-bond acceptors (Lipinski definition) is 7. The van der Waals surface area contributed by atoms with Gasteiger partial charge >= 0.3 is 7.12 Å². The van der Waals surface area contributed by atoms with E-state index in [0.717, 1.165) is 25.2 Å². The van der Waals surface area contributed by atoms with Crippen molar-refractivity contribution in [2.24, 2.45) is 17.8 Å². The molecule has 3 atom stereocenters. The van der Waals surface area contributed by atoms with Crippen LogP contribution in [-0.4, -0.2) is 57.4 Å². The van der Waals surface area contributed by atoms with Crippen LogP contribution in [0.5, 0.6) is 0 Å². The Hall–Kier alpha value is -2.07. The maximum absolute atomic E-state index is 13.1. The van der Waals surface area contributed by atoms with Gasteiger partial charge < -0.3 is 20.3 Å². The number of amides is 1. The fourth-order valence-corrected chi connectivity index (χ4v) is 3.90. The standard InChI is InChI=1S/C20H30BFN4O4/c1-12(2)7-18(21(29)30)25-19(28)14(8-13-3-4-13)9-17(27)16-5-6-26(16)20-23-10-15(22)11-24-20/h10-14,16,18,29-30H,3-9H2,1-2H3,(H,25,28)/t14-,16+,18?/m1/s1. The average Bonchev–Trinajstić information content (AvgIpc) is 3.45. The maximum atomic E-state index is 13.1. The van der Waals surface area contributed by atoms with E-state index in [-0.39, 0.29) is 24.0 Å². The van der Waals surface area contributed by atoms with Gasteiger partial charge in [0, 0.05) is 18.9 Å². The van der Waals surface area contributed by atoms with E-state index in [0.29, 0.717) is 37.7 Å². The molecular weight excluding hydrogens is 390 g/mol. The molecule has 8 nitrogen and oxygen atoms in total. The summed E-state index contributed by atoms with van der Waals surface area (Å²) < 4.78 is 13.1. The number of halogens is 1. The molecular formula is C20H30BFN4O4. The molecule has 1 aromatic rings. The van der Waals surface area contributed by atoms with Crippen molar-refractivity contribution in [1.29, 1.82) is 0 Å². The van der Waals surface area contributed by atoms with E-state index < -0.39 is 30.8 Å². The lowest BCUT2D eigenvalue weighted by Gasteiger charge is -2.40. The highest BCUT2D eigenvalue weighted by molar-refractivity contribution is 6.43. The van der Waals surface area contributed by atoms with E-state index in [2.05, 4.69) is 15.3 Å². The highest BCUT2D eigenvalue weighted by Gasteiger charge is 2.39. The van der Waals surface area contributed by atoms with E-state index in [4.69, 9.17) is 0 Å². The van der Waals surface area contributed by atoms with E-state index >= 15 is 0 Å². The Morgan fingerprint density at radius 1 is 1.27 bits per heavy atom. The molecule has 0 radical (unpaired) electrons. The van der Waals surface area contributed by atoms with Crippen LogP contribution < -0.4 is 10.2 Å². The lowest BCUT2D eigenvalue weighted by molar-refractivity contribution is -0.131. The first-order chi connectivity index (χ1) is 14.2. The Kier molecular flexibility index (Phi) is 7.41. The summed E-state index contributed by atoms with van der Waals surface area (Å²) in [7, 11) is -1.65. The topological polar surface area (TPSA) is 116 Å². The number of aromatic nitrogens is 2. The summed E-state index contributed by atoms with van der Waals surface area (Å²) in [6, 6.07) is -0.417. The summed E-state index contributed by atoms with van der Waals surface area (Å²) in [5.41, 5.74) is 0. The van der Waals surface area contributed by atoms with Crippen molar-refractivity contribution in [3.8, 4) is 0 Å². The third kappa shape index (κ3) is 5.98. The fourth-order valence-electron chi connectivity index (χ4n) is 3.90. The Labute approximate surface area is 176 Å². The van der Waals surface area contributed by atoms with Crippen LogP contribution in [-0.2, 0) is 9.59 Å². The van der Waals surface area contributed by atoms with E-state index in [1.807, 2.05) is 13.8 Å². The van der Waals surface area contributed by atoms with Gasteiger partial charge in [-0.15, -0.1) is 0 Å². The van der Waals surface area contributed by atoms with Crippen molar-refractivity contribution in [3.63, 3.8) is 0 Å². The molecule has 30 heavy (non-hydrogen) atoms. The van der Waals surface area contributed by atoms with Crippen LogP contribution in [0.1, 0.15) is 52.4 Å². The van der Waals surface area contributed by atoms with Gasteiger partial charge in [-0.05, 0) is 31.1 Å². The molecule has 1 aliphatic heterocycles. The molecule has 0 spiro atoms. The Morgan fingerprint density at radius 2 is 1.93 bits per heavy atom. The molecule has 0 aromatic carbocycles. The zero-order chi connectivity index (χ0) is 21.8. The third-order valence-corrected chi connectivity index (χ3v) is 5.80. The minimum Gasteiger partial charge on any atom is -0.426 e. The molecule has 1 aromatic heterocycles. The smallest absolute Gasteiger partial charge is 0.426 e. The lowest BCUT2D eigenvalue weighted by Crippen LogP contribution is -2.54. The molecule has 2 heterocycles. The van der Waals surface area contributed by atoms with Crippen LogP contribution >= 0.6 is 0 Å². The molecule has 2 fully saturated rings. The van der Waals surface area contributed by atoms with Crippen molar-refractivity contribution in [1.82, 2.24) is 15.3 Å². The largest absolute Gasteiger partial charge is 0.475 e. The van der Waals surface area contributed by atoms with Crippen molar-refractivity contribution >= 4 is 24.8 Å². The van der Waals surface area contributed by atoms with Gasteiger partial charge in [0.25, 0.3) is 0 Å². The second-order valence-electron chi connectivity index (χ2n) is 8.90. The Balaban J connectivity index is 1.63. The number of nitrogens with zero attached hydrogens (tertiary/aromatic N) is 3. The summed E-state index contributed by atoms with van der Waals surface area (Å²) in [5, 5.41) is 22.0. The van der Waals surface area contributed by atoms with Gasteiger partial charge in [-0.25, -0.2) is 14.4 Å². The highest BCUT2D eigenvalue weighted by Crippen LogP contribution is 2.37. The molecule has 3 N–H and O–H groups in total. The molecule has 3 rings (SSSR count). The maximum Gasteiger partial charge on any atom is 0.475 e. The van der Waals surface area contributed by atoms with Crippen molar-refractivity contribution in [3.05, 3.63) is 18.2 Å². The first-order valence-electron chi connectivity index (χ1n) is 10.7. The number of carbonyl (C=O) groups is 2. The van der Waals surface area contributed by atoms with E-state index in [9.17, 15) is 24.0 Å². The average molecular weight is 420 g/mol. The molecule has 10 heteroatoms. The Bertz CT molecular complexity index is 745. The lowest BCUT2D eigenvalue weighted by atomic mass is 9.74. The number of hydrogen-bond donors (Lipinski definition) is 3. The monoisotopic (exact) mass is 420 g/mol. The van der Waals surface area contributed by atoms with Crippen LogP contribution in [0.2, 0.25) is 0 Å². The SMILES string of the molecule is CC(C)CC(NC(=O)[C@@H](CC(=O)[C@@H]1CCN1c1ncc(F)cn1)CC1CC1)B(O)O. The zero-order valence-corrected chi connectivity index (χ0v) is 17.5. The summed E-state index contributed by atoms with van der Waals surface area (Å²) in [5.74, 6) is -1.25. The number of nitrogens with one attached hydrogen (secondary N) is 1. The molecule has 0 bridgehead atoms. The van der Waals surface area contributed by atoms with Gasteiger partial charge in [0.05, 0.1) is 24.4 Å². The molecule has 164 valence electrons. The molecule has 1 aliphatic carbocycles. The van der Waals surface area contributed by atoms with Crippen molar-refractivity contribution in [2.75, 3.05) is 11.4 Å². The van der Waals surface area contributed by atoms with Crippen LogP contribution in [0, 0.1) is 23.6 Å². The second-order valence-corrected chi connectivity index (χ2v) is 8.90. The minimum atomic E-state index is -1.65.